The van der Waals surface area contributed by atoms with Gasteiger partial charge in [0.15, 0.2) is 0 Å². The quantitative estimate of drug-likeness (QED) is 0.761. The van der Waals surface area contributed by atoms with Crippen molar-refractivity contribution < 1.29 is 8.42 Å². The molecule has 0 radical (unpaired) electrons. The van der Waals surface area contributed by atoms with E-state index in [4.69, 9.17) is 0 Å². The molecule has 4 nitrogen and oxygen atoms in total. The molecule has 0 atom stereocenters. The molecule has 1 aromatic heterocycles. The first-order valence-electron chi connectivity index (χ1n) is 6.54. The number of hydrogen-bond acceptors (Lipinski definition) is 4. The maximum Gasteiger partial charge on any atom is 0.250 e. The molecule has 0 amide bonds. The molecular weight excluding hydrogens is 280 g/mol. The molecule has 1 aromatic rings. The van der Waals surface area contributed by atoms with Crippen LogP contribution < -0.4 is 10.0 Å². The van der Waals surface area contributed by atoms with Crippen LogP contribution in [0.25, 0.3) is 0 Å². The van der Waals surface area contributed by atoms with Gasteiger partial charge in [-0.2, -0.15) is 0 Å². The van der Waals surface area contributed by atoms with Crippen molar-refractivity contribution in [3.8, 4) is 0 Å². The second kappa shape index (κ2) is 6.83. The van der Waals surface area contributed by atoms with E-state index < -0.39 is 10.0 Å². The highest BCUT2D eigenvalue weighted by atomic mass is 32.2. The molecule has 0 aliphatic carbocycles. The molecule has 0 unspecified atom stereocenters. The van der Waals surface area contributed by atoms with Crippen LogP contribution in [0.4, 0.5) is 0 Å². The lowest BCUT2D eigenvalue weighted by Crippen LogP contribution is -2.31. The molecule has 0 aliphatic rings. The lowest BCUT2D eigenvalue weighted by molar-refractivity contribution is 0.408. The smallest absolute Gasteiger partial charge is 0.250 e. The Bertz CT molecular complexity index is 487. The normalized spacial score (nSPS) is 12.8. The Hall–Kier alpha value is -0.430. The van der Waals surface area contributed by atoms with Gasteiger partial charge in [0, 0.05) is 18.0 Å². The van der Waals surface area contributed by atoms with Crippen molar-refractivity contribution in [2.45, 2.75) is 44.9 Å². The maximum absolute atomic E-state index is 12.1. The highest BCUT2D eigenvalue weighted by Crippen LogP contribution is 2.22. The molecule has 0 fully saturated rings. The fraction of sp³-hybridized carbons (Fsp3) is 0.692. The fourth-order valence-corrected chi connectivity index (χ4v) is 4.02. The zero-order chi connectivity index (χ0) is 14.5. The lowest BCUT2D eigenvalue weighted by Gasteiger charge is -2.18. The largest absolute Gasteiger partial charge is 0.312 e. The van der Waals surface area contributed by atoms with E-state index in [-0.39, 0.29) is 5.41 Å². The van der Waals surface area contributed by atoms with Crippen molar-refractivity contribution in [3.05, 3.63) is 17.0 Å². The predicted octanol–water partition coefficient (Wildman–Crippen LogP) is 2.57. The van der Waals surface area contributed by atoms with E-state index in [1.807, 2.05) is 26.8 Å². The third-order valence-electron chi connectivity index (χ3n) is 2.42. The molecule has 0 aliphatic heterocycles. The third-order valence-corrected chi connectivity index (χ3v) is 5.40. The molecule has 19 heavy (non-hydrogen) atoms. The minimum absolute atomic E-state index is 0.0597. The van der Waals surface area contributed by atoms with E-state index in [0.29, 0.717) is 10.8 Å². The molecule has 0 aromatic carbocycles. The number of thiophene rings is 1. The monoisotopic (exact) mass is 304 g/mol. The van der Waals surface area contributed by atoms with Crippen molar-refractivity contribution in [1.29, 1.82) is 0 Å². The summed E-state index contributed by atoms with van der Waals surface area (Å²) in [6, 6.07) is 3.55. The van der Waals surface area contributed by atoms with Crippen LogP contribution in [0.1, 0.15) is 39.0 Å². The van der Waals surface area contributed by atoms with Crippen LogP contribution in [0.5, 0.6) is 0 Å². The number of sulfonamides is 1. The third kappa shape index (κ3) is 6.03. The zero-order valence-electron chi connectivity index (χ0n) is 12.1. The molecule has 2 N–H and O–H groups in total. The Morgan fingerprint density at radius 2 is 1.95 bits per heavy atom. The van der Waals surface area contributed by atoms with E-state index in [9.17, 15) is 8.42 Å². The molecule has 0 saturated heterocycles. The summed E-state index contributed by atoms with van der Waals surface area (Å²) >= 11 is 1.33. The molecule has 0 saturated carbocycles. The molecular formula is C13H24N2O2S2. The van der Waals surface area contributed by atoms with E-state index in [0.717, 1.165) is 24.4 Å². The van der Waals surface area contributed by atoms with E-state index in [1.54, 1.807) is 6.07 Å². The van der Waals surface area contributed by atoms with Crippen molar-refractivity contribution in [2.75, 3.05) is 13.1 Å². The van der Waals surface area contributed by atoms with Crippen LogP contribution >= 0.6 is 11.3 Å². The maximum atomic E-state index is 12.1. The standard InChI is InChI=1S/C13H24N2O2S2/c1-5-8-14-9-11-6-7-12(18-11)19(16,17)15-10-13(2,3)4/h6-7,14-15H,5,8-10H2,1-4H3. The van der Waals surface area contributed by atoms with E-state index in [1.165, 1.54) is 11.3 Å². The first-order chi connectivity index (χ1) is 8.74. The van der Waals surface area contributed by atoms with Gasteiger partial charge in [-0.3, -0.25) is 0 Å². The molecule has 6 heteroatoms. The Morgan fingerprint density at radius 3 is 2.53 bits per heavy atom. The van der Waals surface area contributed by atoms with Gasteiger partial charge in [-0.1, -0.05) is 27.7 Å². The minimum Gasteiger partial charge on any atom is -0.312 e. The first kappa shape index (κ1) is 16.6. The van der Waals surface area contributed by atoms with Crippen LogP contribution in [-0.4, -0.2) is 21.5 Å². The summed E-state index contributed by atoms with van der Waals surface area (Å²) < 4.78 is 27.3. The van der Waals surface area contributed by atoms with Gasteiger partial charge in [-0.05, 0) is 30.5 Å². The summed E-state index contributed by atoms with van der Waals surface area (Å²) in [6.45, 7) is 10.2. The van der Waals surface area contributed by atoms with Crippen molar-refractivity contribution in [3.63, 3.8) is 0 Å². The summed E-state index contributed by atoms with van der Waals surface area (Å²) in [5.74, 6) is 0. The zero-order valence-corrected chi connectivity index (χ0v) is 13.7. The van der Waals surface area contributed by atoms with Gasteiger partial charge in [-0.15, -0.1) is 11.3 Å². The molecule has 110 valence electrons. The van der Waals surface area contributed by atoms with Gasteiger partial charge in [0.1, 0.15) is 4.21 Å². The van der Waals surface area contributed by atoms with Crippen LogP contribution in [0.3, 0.4) is 0 Å². The average molecular weight is 304 g/mol. The van der Waals surface area contributed by atoms with Gasteiger partial charge in [0.2, 0.25) is 10.0 Å². The summed E-state index contributed by atoms with van der Waals surface area (Å²) in [7, 11) is -3.36. The summed E-state index contributed by atoms with van der Waals surface area (Å²) in [5.41, 5.74) is -0.0597. The molecule has 1 heterocycles. The second-order valence-corrected chi connectivity index (χ2v) is 8.94. The van der Waals surface area contributed by atoms with Gasteiger partial charge in [0.25, 0.3) is 0 Å². The Kier molecular flexibility index (Phi) is 5.98. The van der Waals surface area contributed by atoms with Gasteiger partial charge in [0.05, 0.1) is 0 Å². The number of nitrogens with one attached hydrogen (secondary N) is 2. The molecule has 0 spiro atoms. The van der Waals surface area contributed by atoms with Crippen LogP contribution in [0.2, 0.25) is 0 Å². The number of hydrogen-bond donors (Lipinski definition) is 2. The van der Waals surface area contributed by atoms with Crippen LogP contribution in [0, 0.1) is 5.41 Å². The van der Waals surface area contributed by atoms with Crippen molar-refractivity contribution in [1.82, 2.24) is 10.0 Å². The van der Waals surface area contributed by atoms with Crippen molar-refractivity contribution in [2.24, 2.45) is 5.41 Å². The predicted molar refractivity (Wildman–Crippen MR) is 81.0 cm³/mol. The van der Waals surface area contributed by atoms with Gasteiger partial charge >= 0.3 is 0 Å². The summed E-state index contributed by atoms with van der Waals surface area (Å²) in [6.07, 6.45) is 1.07. The van der Waals surface area contributed by atoms with Gasteiger partial charge in [-0.25, -0.2) is 13.1 Å². The SMILES string of the molecule is CCCNCc1ccc(S(=O)(=O)NCC(C)(C)C)s1. The van der Waals surface area contributed by atoms with Crippen LogP contribution in [-0.2, 0) is 16.6 Å². The Balaban J connectivity index is 2.64. The number of rotatable bonds is 7. The lowest BCUT2D eigenvalue weighted by atomic mass is 9.98. The second-order valence-electron chi connectivity index (χ2n) is 5.78. The Labute approximate surface area is 120 Å². The average Bonchev–Trinajstić information content (AvgIpc) is 2.76. The summed E-state index contributed by atoms with van der Waals surface area (Å²) in [4.78, 5) is 1.05. The topological polar surface area (TPSA) is 58.2 Å². The van der Waals surface area contributed by atoms with E-state index >= 15 is 0 Å². The molecule has 0 bridgehead atoms. The van der Waals surface area contributed by atoms with E-state index in [2.05, 4.69) is 17.0 Å². The van der Waals surface area contributed by atoms with Crippen molar-refractivity contribution >= 4 is 21.4 Å². The Morgan fingerprint density at radius 1 is 1.26 bits per heavy atom. The fourth-order valence-electron chi connectivity index (χ4n) is 1.37. The highest BCUT2D eigenvalue weighted by molar-refractivity contribution is 7.91. The summed E-state index contributed by atoms with van der Waals surface area (Å²) in [5, 5.41) is 3.27. The highest BCUT2D eigenvalue weighted by Gasteiger charge is 2.20. The molecule has 1 rings (SSSR count). The first-order valence-corrected chi connectivity index (χ1v) is 8.84. The minimum atomic E-state index is -3.36. The van der Waals surface area contributed by atoms with Crippen LogP contribution in [0.15, 0.2) is 16.3 Å². The van der Waals surface area contributed by atoms with Gasteiger partial charge < -0.3 is 5.32 Å².